The van der Waals surface area contributed by atoms with E-state index in [-0.39, 0.29) is 0 Å². The molecule has 5 heteroatoms. The van der Waals surface area contributed by atoms with Crippen molar-refractivity contribution in [2.24, 2.45) is 0 Å². The van der Waals surface area contributed by atoms with Crippen molar-refractivity contribution < 1.29 is 9.50 Å². The number of aromatic nitrogens is 2. The summed E-state index contributed by atoms with van der Waals surface area (Å²) in [5.74, 6) is -0.451. The van der Waals surface area contributed by atoms with Gasteiger partial charge in [0, 0.05) is 16.8 Å². The molecule has 0 fully saturated rings. The fourth-order valence-electron chi connectivity index (χ4n) is 1.35. The maximum absolute atomic E-state index is 13.0. The van der Waals surface area contributed by atoms with E-state index in [4.69, 9.17) is 11.6 Å². The van der Waals surface area contributed by atoms with Crippen molar-refractivity contribution in [2.75, 3.05) is 0 Å². The van der Waals surface area contributed by atoms with Crippen molar-refractivity contribution in [2.45, 2.75) is 6.10 Å². The second-order valence-corrected chi connectivity index (χ2v) is 3.61. The third-order valence-corrected chi connectivity index (χ3v) is 2.48. The highest BCUT2D eigenvalue weighted by Crippen LogP contribution is 2.27. The highest BCUT2D eigenvalue weighted by Gasteiger charge is 2.15. The van der Waals surface area contributed by atoms with Crippen molar-refractivity contribution >= 4 is 11.6 Å². The van der Waals surface area contributed by atoms with Gasteiger partial charge in [0.1, 0.15) is 18.2 Å². The molecule has 0 saturated carbocycles. The molecule has 0 saturated heterocycles. The SMILES string of the molecule is OC(c1ccncn1)c1cc(F)ccc1Cl. The standard InChI is InChI=1S/C11H8ClFN2O/c12-9-2-1-7(13)5-8(9)11(16)10-3-4-14-6-15-10/h1-6,11,16H. The third kappa shape index (κ3) is 2.18. The molecule has 0 radical (unpaired) electrons. The molecule has 3 nitrogen and oxygen atoms in total. The van der Waals surface area contributed by atoms with Gasteiger partial charge >= 0.3 is 0 Å². The Morgan fingerprint density at radius 1 is 1.31 bits per heavy atom. The summed E-state index contributed by atoms with van der Waals surface area (Å²) < 4.78 is 13.0. The minimum atomic E-state index is -1.05. The van der Waals surface area contributed by atoms with Crippen LogP contribution >= 0.6 is 11.6 Å². The number of aliphatic hydroxyl groups is 1. The number of benzene rings is 1. The Labute approximate surface area is 96.6 Å². The van der Waals surface area contributed by atoms with Crippen LogP contribution in [0.15, 0.2) is 36.8 Å². The molecular formula is C11H8ClFN2O. The lowest BCUT2D eigenvalue weighted by atomic mass is 10.1. The predicted molar refractivity (Wildman–Crippen MR) is 57.5 cm³/mol. The molecule has 0 amide bonds. The summed E-state index contributed by atoms with van der Waals surface area (Å²) in [6.45, 7) is 0. The molecule has 0 spiro atoms. The average molecular weight is 239 g/mol. The second kappa shape index (κ2) is 4.55. The largest absolute Gasteiger partial charge is 0.382 e. The van der Waals surface area contributed by atoms with Crippen LogP contribution in [-0.4, -0.2) is 15.1 Å². The van der Waals surface area contributed by atoms with E-state index in [0.29, 0.717) is 16.3 Å². The van der Waals surface area contributed by atoms with Gasteiger partial charge in [-0.2, -0.15) is 0 Å². The Kier molecular flexibility index (Phi) is 3.12. The van der Waals surface area contributed by atoms with Gasteiger partial charge in [-0.1, -0.05) is 11.6 Å². The first-order valence-corrected chi connectivity index (χ1v) is 4.95. The third-order valence-electron chi connectivity index (χ3n) is 2.14. The maximum atomic E-state index is 13.0. The van der Waals surface area contributed by atoms with E-state index in [1.807, 2.05) is 0 Å². The molecule has 0 aliphatic rings. The van der Waals surface area contributed by atoms with Gasteiger partial charge in [-0.05, 0) is 24.3 Å². The lowest BCUT2D eigenvalue weighted by molar-refractivity contribution is 0.214. The summed E-state index contributed by atoms with van der Waals surface area (Å²) in [4.78, 5) is 7.62. The minimum absolute atomic E-state index is 0.292. The highest BCUT2D eigenvalue weighted by molar-refractivity contribution is 6.31. The number of rotatable bonds is 2. The van der Waals surface area contributed by atoms with Crippen LogP contribution in [0, 0.1) is 5.82 Å². The van der Waals surface area contributed by atoms with Gasteiger partial charge in [0.2, 0.25) is 0 Å². The van der Waals surface area contributed by atoms with E-state index in [1.165, 1.54) is 30.7 Å². The zero-order chi connectivity index (χ0) is 11.5. The van der Waals surface area contributed by atoms with Crippen LogP contribution in [0.2, 0.25) is 5.02 Å². The first-order chi connectivity index (χ1) is 7.68. The van der Waals surface area contributed by atoms with Crippen LogP contribution in [0.1, 0.15) is 17.4 Å². The van der Waals surface area contributed by atoms with Crippen molar-refractivity contribution in [3.8, 4) is 0 Å². The monoisotopic (exact) mass is 238 g/mol. The van der Waals surface area contributed by atoms with E-state index in [1.54, 1.807) is 6.07 Å². The molecule has 0 bridgehead atoms. The first kappa shape index (κ1) is 11.0. The Morgan fingerprint density at radius 2 is 2.12 bits per heavy atom. The molecular weight excluding hydrogens is 231 g/mol. The summed E-state index contributed by atoms with van der Waals surface area (Å²) >= 11 is 5.87. The van der Waals surface area contributed by atoms with Gasteiger partial charge in [-0.15, -0.1) is 0 Å². The number of aliphatic hydroxyl groups excluding tert-OH is 1. The zero-order valence-corrected chi connectivity index (χ0v) is 8.89. The smallest absolute Gasteiger partial charge is 0.123 e. The molecule has 0 aliphatic carbocycles. The van der Waals surface area contributed by atoms with Gasteiger partial charge in [0.15, 0.2) is 0 Å². The molecule has 1 N–H and O–H groups in total. The summed E-state index contributed by atoms with van der Waals surface area (Å²) in [5, 5.41) is 10.3. The molecule has 1 aromatic carbocycles. The van der Waals surface area contributed by atoms with Crippen LogP contribution in [0.25, 0.3) is 0 Å². The van der Waals surface area contributed by atoms with E-state index >= 15 is 0 Å². The fraction of sp³-hybridized carbons (Fsp3) is 0.0909. The molecule has 1 atom stereocenters. The van der Waals surface area contributed by atoms with Gasteiger partial charge < -0.3 is 5.11 Å². The normalized spacial score (nSPS) is 12.4. The number of nitrogens with zero attached hydrogens (tertiary/aromatic N) is 2. The van der Waals surface area contributed by atoms with E-state index < -0.39 is 11.9 Å². The summed E-state index contributed by atoms with van der Waals surface area (Å²) in [7, 11) is 0. The van der Waals surface area contributed by atoms with Crippen LogP contribution in [0.4, 0.5) is 4.39 Å². The van der Waals surface area contributed by atoms with Gasteiger partial charge in [0.25, 0.3) is 0 Å². The predicted octanol–water partition coefficient (Wildman–Crippen LogP) is 2.35. The highest BCUT2D eigenvalue weighted by atomic mass is 35.5. The Balaban J connectivity index is 2.41. The molecule has 1 heterocycles. The fourth-order valence-corrected chi connectivity index (χ4v) is 1.57. The molecule has 16 heavy (non-hydrogen) atoms. The van der Waals surface area contributed by atoms with Crippen molar-refractivity contribution in [3.63, 3.8) is 0 Å². The molecule has 82 valence electrons. The summed E-state index contributed by atoms with van der Waals surface area (Å²) in [6, 6.07) is 5.37. The quantitative estimate of drug-likeness (QED) is 0.874. The molecule has 2 rings (SSSR count). The zero-order valence-electron chi connectivity index (χ0n) is 8.14. The van der Waals surface area contributed by atoms with Crippen LogP contribution in [0.5, 0.6) is 0 Å². The minimum Gasteiger partial charge on any atom is -0.382 e. The van der Waals surface area contributed by atoms with E-state index in [2.05, 4.69) is 9.97 Å². The lowest BCUT2D eigenvalue weighted by Crippen LogP contribution is -2.03. The Hall–Kier alpha value is -1.52. The average Bonchev–Trinajstić information content (AvgIpc) is 2.32. The Bertz CT molecular complexity index is 493. The Morgan fingerprint density at radius 3 is 2.81 bits per heavy atom. The van der Waals surface area contributed by atoms with E-state index in [0.717, 1.165) is 0 Å². The number of hydrogen-bond donors (Lipinski definition) is 1. The van der Waals surface area contributed by atoms with Crippen molar-refractivity contribution in [1.82, 2.24) is 9.97 Å². The number of hydrogen-bond acceptors (Lipinski definition) is 3. The molecule has 1 unspecified atom stereocenters. The van der Waals surface area contributed by atoms with E-state index in [9.17, 15) is 9.50 Å². The summed E-state index contributed by atoms with van der Waals surface area (Å²) in [5.41, 5.74) is 0.669. The van der Waals surface area contributed by atoms with Gasteiger partial charge in [0.05, 0.1) is 5.69 Å². The van der Waals surface area contributed by atoms with Crippen LogP contribution in [0.3, 0.4) is 0 Å². The maximum Gasteiger partial charge on any atom is 0.123 e. The van der Waals surface area contributed by atoms with Crippen LogP contribution < -0.4 is 0 Å². The van der Waals surface area contributed by atoms with Crippen molar-refractivity contribution in [3.05, 3.63) is 58.9 Å². The summed E-state index contributed by atoms with van der Waals surface area (Å²) in [6.07, 6.45) is 1.76. The lowest BCUT2D eigenvalue weighted by Gasteiger charge is -2.11. The van der Waals surface area contributed by atoms with Crippen molar-refractivity contribution in [1.29, 1.82) is 0 Å². The van der Waals surface area contributed by atoms with Gasteiger partial charge in [-0.3, -0.25) is 0 Å². The van der Waals surface area contributed by atoms with Crippen LogP contribution in [-0.2, 0) is 0 Å². The number of halogens is 2. The molecule has 1 aromatic heterocycles. The second-order valence-electron chi connectivity index (χ2n) is 3.20. The topological polar surface area (TPSA) is 46.0 Å². The molecule has 2 aromatic rings. The van der Waals surface area contributed by atoms with Gasteiger partial charge in [-0.25, -0.2) is 14.4 Å². The first-order valence-electron chi connectivity index (χ1n) is 4.57. The molecule has 0 aliphatic heterocycles.